The molecule has 0 unspecified atom stereocenters. The molecule has 0 aliphatic heterocycles. The molecule has 90 valence electrons. The van der Waals surface area contributed by atoms with Gasteiger partial charge in [-0.3, -0.25) is 4.57 Å². The number of hydrogen-bond donors (Lipinski definition) is 0. The Balaban J connectivity index is 2.57. The average molecular weight is 233 g/mol. The Morgan fingerprint density at radius 1 is 1.41 bits per heavy atom. The van der Waals surface area contributed by atoms with Gasteiger partial charge in [-0.15, -0.1) is 0 Å². The first-order valence-corrected chi connectivity index (χ1v) is 5.50. The van der Waals surface area contributed by atoms with Crippen LogP contribution in [0.3, 0.4) is 0 Å². The summed E-state index contributed by atoms with van der Waals surface area (Å²) in [5, 5.41) is 0.968. The van der Waals surface area contributed by atoms with Crippen molar-refractivity contribution in [2.24, 2.45) is 0 Å². The Labute approximate surface area is 99.7 Å². The van der Waals surface area contributed by atoms with Gasteiger partial charge >= 0.3 is 6.09 Å². The highest BCUT2D eigenvalue weighted by molar-refractivity contribution is 5.92. The van der Waals surface area contributed by atoms with Gasteiger partial charge < -0.3 is 9.47 Å². The van der Waals surface area contributed by atoms with E-state index < -0.39 is 0 Å². The van der Waals surface area contributed by atoms with Gasteiger partial charge in [0.1, 0.15) is 5.75 Å². The highest BCUT2D eigenvalue weighted by Gasteiger charge is 2.12. The molecule has 1 aromatic carbocycles. The van der Waals surface area contributed by atoms with Crippen LogP contribution in [0.25, 0.3) is 10.9 Å². The second kappa shape index (κ2) is 4.49. The third kappa shape index (κ3) is 1.98. The molecular formula is C13H15NO3. The SMILES string of the molecule is CCOC(=O)n1ccc2cc(OC)cc(C)c21. The van der Waals surface area contributed by atoms with E-state index >= 15 is 0 Å². The fourth-order valence-corrected chi connectivity index (χ4v) is 1.92. The maximum atomic E-state index is 11.7. The van der Waals surface area contributed by atoms with Crippen molar-refractivity contribution >= 4 is 17.0 Å². The van der Waals surface area contributed by atoms with Gasteiger partial charge in [-0.1, -0.05) is 0 Å². The van der Waals surface area contributed by atoms with Crippen molar-refractivity contribution in [1.82, 2.24) is 4.57 Å². The Morgan fingerprint density at radius 2 is 2.18 bits per heavy atom. The van der Waals surface area contributed by atoms with E-state index in [1.807, 2.05) is 25.1 Å². The number of carbonyl (C=O) groups excluding carboxylic acids is 1. The minimum atomic E-state index is -0.351. The van der Waals surface area contributed by atoms with E-state index in [0.717, 1.165) is 22.2 Å². The summed E-state index contributed by atoms with van der Waals surface area (Å²) < 4.78 is 11.7. The van der Waals surface area contributed by atoms with Crippen LogP contribution in [0, 0.1) is 6.92 Å². The van der Waals surface area contributed by atoms with E-state index in [1.54, 1.807) is 20.2 Å². The second-order valence-electron chi connectivity index (χ2n) is 3.77. The van der Waals surface area contributed by atoms with Gasteiger partial charge in [0.2, 0.25) is 0 Å². The molecule has 17 heavy (non-hydrogen) atoms. The van der Waals surface area contributed by atoms with Crippen LogP contribution in [-0.2, 0) is 4.74 Å². The molecule has 0 radical (unpaired) electrons. The Morgan fingerprint density at radius 3 is 2.82 bits per heavy atom. The summed E-state index contributed by atoms with van der Waals surface area (Å²) in [5.74, 6) is 0.789. The molecule has 2 aromatic rings. The quantitative estimate of drug-likeness (QED) is 0.800. The first-order chi connectivity index (χ1) is 8.17. The van der Waals surface area contributed by atoms with Crippen molar-refractivity contribution in [3.05, 3.63) is 30.0 Å². The van der Waals surface area contributed by atoms with Gasteiger partial charge in [-0.25, -0.2) is 4.79 Å². The lowest BCUT2D eigenvalue weighted by Crippen LogP contribution is -2.12. The van der Waals surface area contributed by atoms with Crippen LogP contribution >= 0.6 is 0 Å². The van der Waals surface area contributed by atoms with Crippen molar-refractivity contribution in [2.45, 2.75) is 13.8 Å². The lowest BCUT2D eigenvalue weighted by molar-refractivity contribution is 0.155. The number of nitrogens with zero attached hydrogens (tertiary/aromatic N) is 1. The van der Waals surface area contributed by atoms with Crippen LogP contribution in [0.1, 0.15) is 12.5 Å². The third-order valence-electron chi connectivity index (χ3n) is 2.65. The number of carbonyl (C=O) groups is 1. The number of hydrogen-bond acceptors (Lipinski definition) is 3. The highest BCUT2D eigenvalue weighted by Crippen LogP contribution is 2.26. The van der Waals surface area contributed by atoms with Gasteiger partial charge in [0, 0.05) is 11.6 Å². The fourth-order valence-electron chi connectivity index (χ4n) is 1.92. The van der Waals surface area contributed by atoms with Crippen molar-refractivity contribution in [1.29, 1.82) is 0 Å². The van der Waals surface area contributed by atoms with Crippen LogP contribution in [0.2, 0.25) is 0 Å². The summed E-state index contributed by atoms with van der Waals surface area (Å²) in [7, 11) is 1.63. The van der Waals surface area contributed by atoms with Crippen molar-refractivity contribution in [2.75, 3.05) is 13.7 Å². The molecule has 0 fully saturated rings. The number of rotatable bonds is 2. The van der Waals surface area contributed by atoms with Crippen LogP contribution in [0.5, 0.6) is 5.75 Å². The van der Waals surface area contributed by atoms with Crippen LogP contribution in [0.15, 0.2) is 24.4 Å². The zero-order valence-corrected chi connectivity index (χ0v) is 10.2. The Hall–Kier alpha value is -1.97. The molecule has 0 atom stereocenters. The number of aryl methyl sites for hydroxylation is 1. The molecule has 0 aliphatic rings. The number of ether oxygens (including phenoxy) is 2. The smallest absolute Gasteiger partial charge is 0.418 e. The molecule has 1 heterocycles. The van der Waals surface area contributed by atoms with Crippen molar-refractivity contribution in [3.63, 3.8) is 0 Å². The molecule has 0 aliphatic carbocycles. The topological polar surface area (TPSA) is 40.5 Å². The molecule has 4 nitrogen and oxygen atoms in total. The number of methoxy groups -OCH3 is 1. The summed E-state index contributed by atoms with van der Waals surface area (Å²) in [5.41, 5.74) is 1.85. The first-order valence-electron chi connectivity index (χ1n) is 5.50. The maximum absolute atomic E-state index is 11.7. The maximum Gasteiger partial charge on any atom is 0.418 e. The molecule has 0 N–H and O–H groups in total. The van der Waals surface area contributed by atoms with Crippen molar-refractivity contribution < 1.29 is 14.3 Å². The molecule has 2 rings (SSSR count). The lowest BCUT2D eigenvalue weighted by Gasteiger charge is -2.07. The minimum absolute atomic E-state index is 0.351. The number of benzene rings is 1. The fraction of sp³-hybridized carbons (Fsp3) is 0.308. The summed E-state index contributed by atoms with van der Waals surface area (Å²) in [6.45, 7) is 4.10. The van der Waals surface area contributed by atoms with Gasteiger partial charge in [0.15, 0.2) is 0 Å². The summed E-state index contributed by atoms with van der Waals surface area (Å²) in [6, 6.07) is 5.68. The molecule has 4 heteroatoms. The van der Waals surface area contributed by atoms with E-state index in [1.165, 1.54) is 4.57 Å². The normalized spacial score (nSPS) is 10.5. The lowest BCUT2D eigenvalue weighted by atomic mass is 10.1. The molecule has 0 saturated carbocycles. The molecule has 0 bridgehead atoms. The average Bonchev–Trinajstić information content (AvgIpc) is 2.73. The predicted molar refractivity (Wildman–Crippen MR) is 65.6 cm³/mol. The second-order valence-corrected chi connectivity index (χ2v) is 3.77. The van der Waals surface area contributed by atoms with E-state index in [9.17, 15) is 4.79 Å². The van der Waals surface area contributed by atoms with Crippen molar-refractivity contribution in [3.8, 4) is 5.75 Å². The van der Waals surface area contributed by atoms with E-state index in [0.29, 0.717) is 6.61 Å². The molecular weight excluding hydrogens is 218 g/mol. The minimum Gasteiger partial charge on any atom is -0.497 e. The highest BCUT2D eigenvalue weighted by atomic mass is 16.5. The Bertz CT molecular complexity index is 557. The van der Waals surface area contributed by atoms with E-state index in [2.05, 4.69) is 0 Å². The van der Waals surface area contributed by atoms with Crippen LogP contribution in [-0.4, -0.2) is 24.4 Å². The molecule has 0 saturated heterocycles. The summed E-state index contributed by atoms with van der Waals surface area (Å²) in [4.78, 5) is 11.7. The predicted octanol–water partition coefficient (Wildman–Crippen LogP) is 2.96. The largest absolute Gasteiger partial charge is 0.497 e. The zero-order valence-electron chi connectivity index (χ0n) is 10.2. The molecule has 1 aromatic heterocycles. The number of aromatic nitrogens is 1. The molecule has 0 spiro atoms. The van der Waals surface area contributed by atoms with Crippen LogP contribution < -0.4 is 4.74 Å². The third-order valence-corrected chi connectivity index (χ3v) is 2.65. The van der Waals surface area contributed by atoms with E-state index in [4.69, 9.17) is 9.47 Å². The van der Waals surface area contributed by atoms with Gasteiger partial charge in [-0.2, -0.15) is 0 Å². The monoisotopic (exact) mass is 233 g/mol. The number of fused-ring (bicyclic) bond motifs is 1. The standard InChI is InChI=1S/C13H15NO3/c1-4-17-13(15)14-6-5-10-8-11(16-3)7-9(2)12(10)14/h5-8H,4H2,1-3H3. The summed E-state index contributed by atoms with van der Waals surface area (Å²) in [6.07, 6.45) is 1.37. The van der Waals surface area contributed by atoms with Gasteiger partial charge in [0.25, 0.3) is 0 Å². The molecule has 0 amide bonds. The van der Waals surface area contributed by atoms with Gasteiger partial charge in [-0.05, 0) is 37.6 Å². The van der Waals surface area contributed by atoms with Gasteiger partial charge in [0.05, 0.1) is 19.2 Å². The first kappa shape index (κ1) is 11.5. The van der Waals surface area contributed by atoms with E-state index in [-0.39, 0.29) is 6.09 Å². The Kier molecular flexibility index (Phi) is 3.04. The summed E-state index contributed by atoms with van der Waals surface area (Å²) >= 11 is 0. The zero-order chi connectivity index (χ0) is 12.4. The van der Waals surface area contributed by atoms with Crippen LogP contribution in [0.4, 0.5) is 4.79 Å².